The molecule has 1 heterocycles. The maximum absolute atomic E-state index is 12.8. The normalized spacial score (nSPS) is 12.6. The van der Waals surface area contributed by atoms with Crippen LogP contribution in [0.5, 0.6) is 0 Å². The first-order valence-electron chi connectivity index (χ1n) is 8.13. The Bertz CT molecular complexity index is 939. The van der Waals surface area contributed by atoms with Crippen molar-refractivity contribution in [3.63, 3.8) is 0 Å². The summed E-state index contributed by atoms with van der Waals surface area (Å²) >= 11 is 0. The zero-order valence-corrected chi connectivity index (χ0v) is 15.3. The van der Waals surface area contributed by atoms with Gasteiger partial charge >= 0.3 is 6.18 Å². The lowest BCUT2D eigenvalue weighted by Crippen LogP contribution is -2.04. The molecule has 7 heteroatoms. The zero-order valence-electron chi connectivity index (χ0n) is 14.5. The minimum atomic E-state index is -4.37. The third kappa shape index (κ3) is 4.95. The Hall–Kier alpha value is -2.67. The lowest BCUT2D eigenvalue weighted by Gasteiger charge is -2.10. The van der Waals surface area contributed by atoms with Crippen LogP contribution in [0.1, 0.15) is 11.1 Å². The third-order valence-corrected chi connectivity index (χ3v) is 4.95. The van der Waals surface area contributed by atoms with E-state index in [4.69, 9.17) is 0 Å². The van der Waals surface area contributed by atoms with E-state index in [-0.39, 0.29) is 0 Å². The van der Waals surface area contributed by atoms with E-state index in [1.54, 1.807) is 30.7 Å². The molecular formula is C20H17F3N2OS. The Morgan fingerprint density at radius 1 is 1.00 bits per heavy atom. The molecular weight excluding hydrogens is 373 g/mol. The van der Waals surface area contributed by atoms with Crippen molar-refractivity contribution in [2.45, 2.75) is 17.6 Å². The fourth-order valence-electron chi connectivity index (χ4n) is 2.54. The number of hydrogen-bond acceptors (Lipinski definition) is 3. The second kappa shape index (κ2) is 7.92. The second-order valence-electron chi connectivity index (χ2n) is 5.96. The SMILES string of the molecule is CS(=O)c1ccc(CNc2ccc(-c3cccc(C(F)(F)F)c3)cn2)cc1. The fraction of sp³-hybridized carbons (Fsp3) is 0.150. The molecule has 2 aromatic carbocycles. The van der Waals surface area contributed by atoms with Gasteiger partial charge in [-0.2, -0.15) is 13.2 Å². The summed E-state index contributed by atoms with van der Waals surface area (Å²) in [6, 6.07) is 16.0. The van der Waals surface area contributed by atoms with Crippen molar-refractivity contribution in [2.24, 2.45) is 0 Å². The molecule has 0 saturated carbocycles. The van der Waals surface area contributed by atoms with Gasteiger partial charge in [0.15, 0.2) is 0 Å². The number of rotatable bonds is 5. The summed E-state index contributed by atoms with van der Waals surface area (Å²) in [5.41, 5.74) is 1.40. The molecule has 0 saturated heterocycles. The van der Waals surface area contributed by atoms with Gasteiger partial charge in [-0.25, -0.2) is 4.98 Å². The molecule has 27 heavy (non-hydrogen) atoms. The molecule has 1 unspecified atom stereocenters. The first kappa shape index (κ1) is 19.1. The van der Waals surface area contributed by atoms with Crippen molar-refractivity contribution in [2.75, 3.05) is 11.6 Å². The van der Waals surface area contributed by atoms with Crippen LogP contribution in [0.3, 0.4) is 0 Å². The summed E-state index contributed by atoms with van der Waals surface area (Å²) in [7, 11) is -1.01. The molecule has 1 aromatic heterocycles. The van der Waals surface area contributed by atoms with E-state index in [2.05, 4.69) is 10.3 Å². The highest BCUT2D eigenvalue weighted by Crippen LogP contribution is 2.32. The van der Waals surface area contributed by atoms with Gasteiger partial charge < -0.3 is 5.32 Å². The van der Waals surface area contributed by atoms with E-state index in [1.165, 1.54) is 6.07 Å². The van der Waals surface area contributed by atoms with Crippen LogP contribution in [0.4, 0.5) is 19.0 Å². The number of benzene rings is 2. The first-order valence-corrected chi connectivity index (χ1v) is 9.69. The largest absolute Gasteiger partial charge is 0.416 e. The molecule has 0 bridgehead atoms. The van der Waals surface area contributed by atoms with Crippen LogP contribution in [-0.4, -0.2) is 15.4 Å². The van der Waals surface area contributed by atoms with Gasteiger partial charge in [0, 0.05) is 40.3 Å². The second-order valence-corrected chi connectivity index (χ2v) is 7.34. The van der Waals surface area contributed by atoms with E-state index in [1.807, 2.05) is 24.3 Å². The predicted octanol–water partition coefficient (Wildman–Crippen LogP) is 5.12. The van der Waals surface area contributed by atoms with E-state index in [0.717, 1.165) is 22.6 Å². The first-order chi connectivity index (χ1) is 12.8. The molecule has 0 aliphatic heterocycles. The summed E-state index contributed by atoms with van der Waals surface area (Å²) in [6.45, 7) is 0.534. The van der Waals surface area contributed by atoms with Crippen molar-refractivity contribution < 1.29 is 17.4 Å². The average Bonchev–Trinajstić information content (AvgIpc) is 2.66. The molecule has 0 fully saturated rings. The molecule has 0 aliphatic rings. The molecule has 3 rings (SSSR count). The summed E-state index contributed by atoms with van der Waals surface area (Å²) < 4.78 is 49.9. The van der Waals surface area contributed by atoms with E-state index >= 15 is 0 Å². The summed E-state index contributed by atoms with van der Waals surface area (Å²) in [5.74, 6) is 0.619. The highest BCUT2D eigenvalue weighted by Gasteiger charge is 2.30. The van der Waals surface area contributed by atoms with E-state index < -0.39 is 22.5 Å². The average molecular weight is 390 g/mol. The Morgan fingerprint density at radius 3 is 2.33 bits per heavy atom. The van der Waals surface area contributed by atoms with Gasteiger partial charge in [0.25, 0.3) is 0 Å². The van der Waals surface area contributed by atoms with Gasteiger partial charge in [0.2, 0.25) is 0 Å². The molecule has 1 N–H and O–H groups in total. The monoisotopic (exact) mass is 390 g/mol. The number of nitrogens with one attached hydrogen (secondary N) is 1. The van der Waals surface area contributed by atoms with E-state index in [0.29, 0.717) is 23.5 Å². The number of pyridine rings is 1. The van der Waals surface area contributed by atoms with Crippen molar-refractivity contribution in [1.82, 2.24) is 4.98 Å². The molecule has 0 aliphatic carbocycles. The number of aromatic nitrogens is 1. The number of nitrogens with zero attached hydrogens (tertiary/aromatic N) is 1. The highest BCUT2D eigenvalue weighted by atomic mass is 32.2. The van der Waals surface area contributed by atoms with Crippen molar-refractivity contribution >= 4 is 16.6 Å². The van der Waals surface area contributed by atoms with Crippen LogP contribution in [-0.2, 0) is 23.5 Å². The Morgan fingerprint density at radius 2 is 1.74 bits per heavy atom. The van der Waals surface area contributed by atoms with Gasteiger partial charge in [0.05, 0.1) is 5.56 Å². The van der Waals surface area contributed by atoms with Crippen molar-refractivity contribution in [3.05, 3.63) is 78.0 Å². The minimum absolute atomic E-state index is 0.465. The molecule has 0 spiro atoms. The quantitative estimate of drug-likeness (QED) is 0.658. The minimum Gasteiger partial charge on any atom is -0.366 e. The Balaban J connectivity index is 1.68. The van der Waals surface area contributed by atoms with Gasteiger partial charge in [-0.05, 0) is 47.5 Å². The number of anilines is 1. The topological polar surface area (TPSA) is 42.0 Å². The fourth-order valence-corrected chi connectivity index (χ4v) is 3.06. The number of halogens is 3. The molecule has 140 valence electrons. The smallest absolute Gasteiger partial charge is 0.366 e. The Kier molecular flexibility index (Phi) is 5.60. The number of hydrogen-bond donors (Lipinski definition) is 1. The van der Waals surface area contributed by atoms with Crippen LogP contribution in [0.15, 0.2) is 71.8 Å². The van der Waals surface area contributed by atoms with Gasteiger partial charge in [-0.1, -0.05) is 24.3 Å². The maximum atomic E-state index is 12.8. The van der Waals surface area contributed by atoms with Crippen molar-refractivity contribution in [3.8, 4) is 11.1 Å². The lowest BCUT2D eigenvalue weighted by atomic mass is 10.0. The molecule has 3 aromatic rings. The van der Waals surface area contributed by atoms with Gasteiger partial charge in [-0.15, -0.1) is 0 Å². The van der Waals surface area contributed by atoms with Crippen LogP contribution in [0.25, 0.3) is 11.1 Å². The van der Waals surface area contributed by atoms with Crippen LogP contribution in [0.2, 0.25) is 0 Å². The van der Waals surface area contributed by atoms with Crippen LogP contribution < -0.4 is 5.32 Å². The number of alkyl halides is 3. The molecule has 3 nitrogen and oxygen atoms in total. The predicted molar refractivity (Wildman–Crippen MR) is 101 cm³/mol. The van der Waals surface area contributed by atoms with Gasteiger partial charge in [-0.3, -0.25) is 4.21 Å². The summed E-state index contributed by atoms with van der Waals surface area (Å²) in [4.78, 5) is 5.03. The summed E-state index contributed by atoms with van der Waals surface area (Å²) in [6.07, 6.45) is -1.20. The molecule has 1 atom stereocenters. The maximum Gasteiger partial charge on any atom is 0.416 e. The van der Waals surface area contributed by atoms with Crippen LogP contribution >= 0.6 is 0 Å². The molecule has 0 radical (unpaired) electrons. The third-order valence-electron chi connectivity index (χ3n) is 4.02. The zero-order chi connectivity index (χ0) is 19.4. The van der Waals surface area contributed by atoms with Gasteiger partial charge in [0.1, 0.15) is 5.82 Å². The highest BCUT2D eigenvalue weighted by molar-refractivity contribution is 7.84. The lowest BCUT2D eigenvalue weighted by molar-refractivity contribution is -0.137. The van der Waals surface area contributed by atoms with Crippen molar-refractivity contribution in [1.29, 1.82) is 0 Å². The summed E-state index contributed by atoms with van der Waals surface area (Å²) in [5, 5.41) is 3.16. The standard InChI is InChI=1S/C20H17F3N2OS/c1-27(26)18-8-5-14(6-9-18)12-24-19-10-7-16(13-25-19)15-3-2-4-17(11-15)20(21,22)23/h2-11,13H,12H2,1H3,(H,24,25). The molecule has 0 amide bonds. The van der Waals surface area contributed by atoms with Crippen LogP contribution in [0, 0.1) is 0 Å². The van der Waals surface area contributed by atoms with E-state index in [9.17, 15) is 17.4 Å². The Labute approximate surface area is 157 Å².